The van der Waals surface area contributed by atoms with Crippen LogP contribution in [-0.2, 0) is 82.6 Å². The molecule has 0 amide bonds. The fraction of sp³-hybridized carbons (Fsp3) is 1.00. The molecule has 0 aromatic heterocycles. The van der Waals surface area contributed by atoms with Crippen LogP contribution in [0, 0.1) is 0 Å². The Morgan fingerprint density at radius 3 is 1.00 bits per heavy atom. The van der Waals surface area contributed by atoms with Crippen LogP contribution in [0.15, 0.2) is 0 Å². The Morgan fingerprint density at radius 1 is 0.423 bits per heavy atom. The van der Waals surface area contributed by atoms with Gasteiger partial charge in [-0.15, -0.1) is 0 Å². The van der Waals surface area contributed by atoms with Gasteiger partial charge in [-0.3, -0.25) is 0 Å². The summed E-state index contributed by atoms with van der Waals surface area (Å²) in [6, 6.07) is 0. The molecule has 0 spiro atoms. The summed E-state index contributed by atoms with van der Waals surface area (Å²) in [6.07, 6.45) is 0. The molecule has 4 atom stereocenters. The minimum absolute atomic E-state index is 1.40. The second-order valence-electron chi connectivity index (χ2n) is 12.7. The summed E-state index contributed by atoms with van der Waals surface area (Å²) in [6.45, 7) is 27.2. The van der Waals surface area contributed by atoms with E-state index < -0.39 is 144 Å². The Hall–Kier alpha value is 2.73. The van der Waals surface area contributed by atoms with Gasteiger partial charge in [0.1, 0.15) is 0 Å². The fourth-order valence-electron chi connectivity index (χ4n) is 4.37. The van der Waals surface area contributed by atoms with Crippen molar-refractivity contribution in [2.45, 2.75) is 98.2 Å². The molecule has 293 valence electrons. The van der Waals surface area contributed by atoms with E-state index in [4.69, 9.17) is 78.2 Å². The molecule has 4 heterocycles. The summed E-state index contributed by atoms with van der Waals surface area (Å²) in [5, 5.41) is 0. The summed E-state index contributed by atoms with van der Waals surface area (Å²) in [7, 11) is -49.3. The predicted octanol–water partition coefficient (Wildman–Crippen LogP) is 0.865. The lowest BCUT2D eigenvalue weighted by Gasteiger charge is -2.55. The van der Waals surface area contributed by atoms with Crippen LogP contribution in [0.25, 0.3) is 0 Å². The molecular weight excluding hydrogens is 978 g/mol. The second-order valence-corrected chi connectivity index (χ2v) is 53.6. The number of fused-ring (bicyclic) bond motifs is 4. The molecule has 0 aromatic carbocycles. The molecule has 4 saturated heterocycles. The lowest BCUT2D eigenvalue weighted by Crippen LogP contribution is -2.88. The molecule has 11 radical (unpaired) electrons. The van der Waals surface area contributed by atoms with Crippen molar-refractivity contribution in [1.82, 2.24) is 0 Å². The molecule has 4 unspecified atom stereocenters. The SMILES string of the molecule is C[Si](C)O[Si]1O[Si]2(O[Si](C)C)O[Si]3(O[Si](C)C)O[Si](O[Si])(O[Si](C)C)O[Si]4(O[Si](C)C)O[Si](O[Si](C)C)(O1)O[Si](O[Si](C)C)(O2)O[Si]([Si](C)=O)(O3)O4. The fourth-order valence-corrected chi connectivity index (χ4v) is 62.4. The molecule has 4 aliphatic rings. The van der Waals surface area contributed by atoms with Crippen molar-refractivity contribution >= 4 is 154 Å². The largest absolute Gasteiger partial charge is 0.649 e. The van der Waals surface area contributed by atoms with E-state index in [1.54, 1.807) is 0 Å². The maximum atomic E-state index is 14.4. The molecule has 4 rings (SSSR count). The van der Waals surface area contributed by atoms with E-state index >= 15 is 0 Å². The summed E-state index contributed by atoms with van der Waals surface area (Å²) >= 11 is 0. The summed E-state index contributed by atoms with van der Waals surface area (Å²) in [5.74, 6) is 0. The Balaban J connectivity index is 2.24. The van der Waals surface area contributed by atoms with Crippen LogP contribution in [-0.4, -0.2) is 154 Å². The zero-order valence-electron chi connectivity index (χ0n) is 31.7. The molecule has 0 aromatic rings. The van der Waals surface area contributed by atoms with Crippen LogP contribution >= 0.6 is 0 Å². The third-order valence-electron chi connectivity index (χ3n) is 5.51. The average Bonchev–Trinajstić information content (AvgIpc) is 2.86. The van der Waals surface area contributed by atoms with Crippen LogP contribution in [0.2, 0.25) is 98.2 Å². The zero-order valence-corrected chi connectivity index (χ0v) is 48.7. The molecule has 37 heteroatoms. The van der Waals surface area contributed by atoms with E-state index in [9.17, 15) is 4.46 Å². The van der Waals surface area contributed by atoms with Crippen molar-refractivity contribution in [2.75, 3.05) is 0 Å². The maximum Gasteiger partial charge on any atom is 0.649 e. The molecule has 0 aliphatic carbocycles. The van der Waals surface area contributed by atoms with Gasteiger partial charge < -0.3 is 82.6 Å². The highest BCUT2D eigenvalue weighted by Gasteiger charge is 2.86. The summed E-state index contributed by atoms with van der Waals surface area (Å²) in [4.78, 5) is 0. The standard InChI is InChI=1S/C15H45O20Si17/c1-37(2)18-45-25-47(20-39(5)6)29-49(22-41(9)10)27-46(17-36,19-38(3)4)28-50(23-42(11)12)30-48(26-45,21-40(7)8)32-51(31-47,24-43(13)14)35-52(33-49,34-50)44(15)16/h1-15H3. The van der Waals surface area contributed by atoms with Gasteiger partial charge >= 0.3 is 80.3 Å². The van der Waals surface area contributed by atoms with Gasteiger partial charge in [0.25, 0.3) is 0 Å². The Kier molecular flexibility index (Phi) is 16.5. The van der Waals surface area contributed by atoms with Crippen LogP contribution in [0.3, 0.4) is 0 Å². The number of hydrogen-bond donors (Lipinski definition) is 0. The normalized spacial score (nSPS) is 38.8. The predicted molar refractivity (Wildman–Crippen MR) is 207 cm³/mol. The summed E-state index contributed by atoms with van der Waals surface area (Å²) < 4.78 is 142. The third-order valence-corrected chi connectivity index (χ3v) is 52.4. The van der Waals surface area contributed by atoms with Gasteiger partial charge in [-0.2, -0.15) is 0 Å². The molecule has 4 fully saturated rings. The topological polar surface area (TPSA) is 192 Å². The van der Waals surface area contributed by atoms with Crippen LogP contribution in [0.1, 0.15) is 0 Å². The molecule has 0 saturated carbocycles. The first-order valence-electron chi connectivity index (χ1n) is 15.7. The van der Waals surface area contributed by atoms with Gasteiger partial charge in [0.2, 0.25) is 10.5 Å². The quantitative estimate of drug-likeness (QED) is 0.198. The van der Waals surface area contributed by atoms with Gasteiger partial charge in [-0.25, -0.2) is 0 Å². The van der Waals surface area contributed by atoms with Crippen LogP contribution in [0.5, 0.6) is 0 Å². The lowest BCUT2D eigenvalue weighted by molar-refractivity contribution is -0.0792. The highest BCUT2D eigenvalue weighted by atomic mass is 29.3. The van der Waals surface area contributed by atoms with Gasteiger partial charge in [-0.1, -0.05) is 0 Å². The Labute approximate surface area is 332 Å². The minimum atomic E-state index is -4.95. The molecule has 6 bridgehead atoms. The zero-order chi connectivity index (χ0) is 39.1. The number of hydrogen-bond acceptors (Lipinski definition) is 20. The van der Waals surface area contributed by atoms with Gasteiger partial charge in [0, 0.05) is 0 Å². The highest BCUT2D eigenvalue weighted by molar-refractivity contribution is 7.23. The van der Waals surface area contributed by atoms with Crippen molar-refractivity contribution in [3.8, 4) is 0 Å². The highest BCUT2D eigenvalue weighted by Crippen LogP contribution is 2.46. The van der Waals surface area contributed by atoms with Gasteiger partial charge in [0.05, 0.1) is 0 Å². The van der Waals surface area contributed by atoms with Crippen LogP contribution in [0.4, 0.5) is 0 Å². The van der Waals surface area contributed by atoms with E-state index in [0.717, 1.165) is 0 Å². The van der Waals surface area contributed by atoms with Gasteiger partial charge in [-0.05, 0) is 98.2 Å². The second kappa shape index (κ2) is 18.1. The van der Waals surface area contributed by atoms with Crippen LogP contribution < -0.4 is 0 Å². The van der Waals surface area contributed by atoms with Crippen molar-refractivity contribution in [1.29, 1.82) is 0 Å². The van der Waals surface area contributed by atoms with Crippen molar-refractivity contribution in [3.05, 3.63) is 0 Å². The van der Waals surface area contributed by atoms with Gasteiger partial charge in [0.15, 0.2) is 63.3 Å². The Bertz CT molecular complexity index is 1180. The molecule has 4 aliphatic heterocycles. The average molecular weight is 1020 g/mol. The Morgan fingerprint density at radius 2 is 0.731 bits per heavy atom. The van der Waals surface area contributed by atoms with E-state index in [-0.39, 0.29) is 0 Å². The van der Waals surface area contributed by atoms with E-state index in [1.165, 1.54) is 6.55 Å². The smallest absolute Gasteiger partial charge is 0.414 e. The monoisotopic (exact) mass is 1020 g/mol. The third kappa shape index (κ3) is 11.7. The first-order valence-corrected chi connectivity index (χ1v) is 48.6. The number of rotatable bonds is 16. The first-order chi connectivity index (χ1) is 23.9. The molecular formula is C15H45O20Si17. The van der Waals surface area contributed by atoms with Crippen molar-refractivity contribution < 1.29 is 82.6 Å². The van der Waals surface area contributed by atoms with E-state index in [2.05, 4.69) is 10.5 Å². The van der Waals surface area contributed by atoms with E-state index in [0.29, 0.717) is 0 Å². The molecule has 0 N–H and O–H groups in total. The molecule has 20 nitrogen and oxygen atoms in total. The molecule has 52 heavy (non-hydrogen) atoms. The minimum Gasteiger partial charge on any atom is -0.414 e. The summed E-state index contributed by atoms with van der Waals surface area (Å²) in [5.41, 5.74) is 0. The van der Waals surface area contributed by atoms with E-state index in [1.807, 2.05) is 91.7 Å². The first kappa shape index (κ1) is 47.4. The maximum absolute atomic E-state index is 14.4. The lowest BCUT2D eigenvalue weighted by atomic mass is 11.9. The van der Waals surface area contributed by atoms with Crippen molar-refractivity contribution in [3.63, 3.8) is 0 Å². The van der Waals surface area contributed by atoms with Crippen molar-refractivity contribution in [2.24, 2.45) is 0 Å².